The maximum absolute atomic E-state index is 12.5. The van der Waals surface area contributed by atoms with Crippen LogP contribution >= 0.6 is 11.3 Å². The Bertz CT molecular complexity index is 782. The molecule has 2 aromatic rings. The average Bonchev–Trinajstić information content (AvgIpc) is 3.03. The van der Waals surface area contributed by atoms with E-state index in [1.54, 1.807) is 30.5 Å². The highest BCUT2D eigenvalue weighted by molar-refractivity contribution is 7.93. The van der Waals surface area contributed by atoms with E-state index in [9.17, 15) is 13.5 Å². The van der Waals surface area contributed by atoms with Gasteiger partial charge in [0.25, 0.3) is 10.0 Å². The molecule has 0 bridgehead atoms. The van der Waals surface area contributed by atoms with Crippen molar-refractivity contribution in [1.82, 2.24) is 0 Å². The first-order valence-electron chi connectivity index (χ1n) is 6.11. The van der Waals surface area contributed by atoms with Crippen LogP contribution in [0, 0.1) is 6.92 Å². The number of hydrogen-bond donors (Lipinski definition) is 2. The number of anilines is 1. The van der Waals surface area contributed by atoms with Crippen LogP contribution in [-0.2, 0) is 16.6 Å². The topological polar surface area (TPSA) is 84.9 Å². The summed E-state index contributed by atoms with van der Waals surface area (Å²) in [6, 6.07) is 4.82. The number of ether oxygens (including phenoxy) is 2. The normalized spacial score (nSPS) is 13.4. The number of aliphatic hydroxyl groups excluding tert-OH is 1. The number of rotatable bonds is 4. The van der Waals surface area contributed by atoms with Gasteiger partial charge in [-0.15, -0.1) is 11.3 Å². The number of thiophene rings is 1. The second kappa shape index (κ2) is 5.21. The van der Waals surface area contributed by atoms with Crippen molar-refractivity contribution in [2.45, 2.75) is 18.4 Å². The fraction of sp³-hybridized carbons (Fsp3) is 0.231. The van der Waals surface area contributed by atoms with Gasteiger partial charge in [0.1, 0.15) is 4.90 Å². The maximum Gasteiger partial charge on any atom is 0.263 e. The van der Waals surface area contributed by atoms with Crippen molar-refractivity contribution in [3.63, 3.8) is 0 Å². The van der Waals surface area contributed by atoms with E-state index in [0.717, 1.165) is 0 Å². The second-order valence-electron chi connectivity index (χ2n) is 4.50. The molecule has 0 unspecified atom stereocenters. The summed E-state index contributed by atoms with van der Waals surface area (Å²) < 4.78 is 37.8. The van der Waals surface area contributed by atoms with Gasteiger partial charge < -0.3 is 14.6 Å². The molecule has 1 aromatic heterocycles. The Balaban J connectivity index is 1.94. The van der Waals surface area contributed by atoms with Gasteiger partial charge in [0.15, 0.2) is 11.5 Å². The van der Waals surface area contributed by atoms with Gasteiger partial charge in [-0.3, -0.25) is 4.72 Å². The van der Waals surface area contributed by atoms with Gasteiger partial charge >= 0.3 is 0 Å². The molecule has 2 N–H and O–H groups in total. The second-order valence-corrected chi connectivity index (χ2v) is 7.09. The van der Waals surface area contributed by atoms with Crippen molar-refractivity contribution in [2.75, 3.05) is 11.5 Å². The van der Waals surface area contributed by atoms with Crippen LogP contribution in [0.1, 0.15) is 10.4 Å². The summed E-state index contributed by atoms with van der Waals surface area (Å²) in [6.07, 6.45) is 0. The lowest BCUT2D eigenvalue weighted by atomic mass is 10.3. The molecule has 21 heavy (non-hydrogen) atoms. The van der Waals surface area contributed by atoms with Crippen LogP contribution in [0.2, 0.25) is 0 Å². The number of benzene rings is 1. The van der Waals surface area contributed by atoms with Gasteiger partial charge in [-0.05, 0) is 30.0 Å². The smallest absolute Gasteiger partial charge is 0.263 e. The van der Waals surface area contributed by atoms with Gasteiger partial charge in [-0.2, -0.15) is 0 Å². The molecule has 1 aliphatic heterocycles. The molecule has 0 aliphatic carbocycles. The number of nitrogens with one attached hydrogen (secondary N) is 1. The predicted octanol–water partition coefficient (Wildman–Crippen LogP) is 2.08. The van der Waals surface area contributed by atoms with Gasteiger partial charge in [0.05, 0.1) is 17.2 Å². The summed E-state index contributed by atoms with van der Waals surface area (Å²) in [7, 11) is -3.76. The molecule has 0 fully saturated rings. The standard InChI is InChI=1S/C13H13NO5S2/c1-8-6-20-12(5-15)13(8)21(16,17)14-9-2-3-10-11(4-9)19-7-18-10/h2-4,6,14-15H,5,7H2,1H3. The lowest BCUT2D eigenvalue weighted by Crippen LogP contribution is -2.14. The molecule has 0 spiro atoms. The van der Waals surface area contributed by atoms with Crippen molar-refractivity contribution >= 4 is 27.0 Å². The number of aliphatic hydroxyl groups is 1. The van der Waals surface area contributed by atoms with E-state index < -0.39 is 10.0 Å². The number of aryl methyl sites for hydroxylation is 1. The lowest BCUT2D eigenvalue weighted by molar-refractivity contribution is 0.174. The van der Waals surface area contributed by atoms with Gasteiger partial charge in [-0.25, -0.2) is 8.42 Å². The van der Waals surface area contributed by atoms with Gasteiger partial charge in [0, 0.05) is 6.07 Å². The molecule has 8 heteroatoms. The van der Waals surface area contributed by atoms with Crippen LogP contribution in [-0.4, -0.2) is 20.3 Å². The van der Waals surface area contributed by atoms with E-state index in [4.69, 9.17) is 9.47 Å². The maximum atomic E-state index is 12.5. The Morgan fingerprint density at radius 3 is 2.86 bits per heavy atom. The number of hydrogen-bond acceptors (Lipinski definition) is 6. The summed E-state index contributed by atoms with van der Waals surface area (Å²) in [6.45, 7) is 1.52. The molecule has 3 rings (SSSR count). The van der Waals surface area contributed by atoms with Crippen LogP contribution in [0.3, 0.4) is 0 Å². The summed E-state index contributed by atoms with van der Waals surface area (Å²) >= 11 is 1.22. The van der Waals surface area contributed by atoms with Crippen molar-refractivity contribution < 1.29 is 23.0 Å². The molecule has 1 aromatic carbocycles. The Labute approximate surface area is 126 Å². The quantitative estimate of drug-likeness (QED) is 0.898. The highest BCUT2D eigenvalue weighted by Crippen LogP contribution is 2.35. The van der Waals surface area contributed by atoms with Crippen LogP contribution in [0.15, 0.2) is 28.5 Å². The fourth-order valence-corrected chi connectivity index (χ4v) is 4.84. The Morgan fingerprint density at radius 2 is 2.10 bits per heavy atom. The molecule has 6 nitrogen and oxygen atoms in total. The first kappa shape index (κ1) is 14.2. The zero-order chi connectivity index (χ0) is 15.0. The van der Waals surface area contributed by atoms with Crippen molar-refractivity contribution in [2.24, 2.45) is 0 Å². The molecule has 0 amide bonds. The van der Waals surface area contributed by atoms with Crippen molar-refractivity contribution in [3.8, 4) is 11.5 Å². The highest BCUT2D eigenvalue weighted by atomic mass is 32.2. The number of sulfonamides is 1. The van der Waals surface area contributed by atoms with E-state index in [1.807, 2.05) is 0 Å². The average molecular weight is 327 g/mol. The Kier molecular flexibility index (Phi) is 3.52. The fourth-order valence-electron chi connectivity index (χ4n) is 2.12. The summed E-state index contributed by atoms with van der Waals surface area (Å²) in [5, 5.41) is 11.0. The molecule has 0 radical (unpaired) electrons. The van der Waals surface area contributed by atoms with Gasteiger partial charge in [-0.1, -0.05) is 0 Å². The van der Waals surface area contributed by atoms with E-state index in [0.29, 0.717) is 27.6 Å². The van der Waals surface area contributed by atoms with Crippen LogP contribution in [0.4, 0.5) is 5.69 Å². The Hall–Kier alpha value is -1.77. The number of fused-ring (bicyclic) bond motifs is 1. The first-order chi connectivity index (χ1) is 10.0. The SMILES string of the molecule is Cc1csc(CO)c1S(=O)(=O)Nc1ccc2c(c1)OCO2. The molecule has 1 aliphatic rings. The molecule has 112 valence electrons. The minimum atomic E-state index is -3.76. The monoisotopic (exact) mass is 327 g/mol. The zero-order valence-electron chi connectivity index (χ0n) is 11.1. The third kappa shape index (κ3) is 2.57. The summed E-state index contributed by atoms with van der Waals surface area (Å²) in [5.74, 6) is 1.08. The minimum absolute atomic E-state index is 0.129. The largest absolute Gasteiger partial charge is 0.454 e. The van der Waals surface area contributed by atoms with E-state index >= 15 is 0 Å². The minimum Gasteiger partial charge on any atom is -0.454 e. The Morgan fingerprint density at radius 1 is 1.33 bits per heavy atom. The zero-order valence-corrected chi connectivity index (χ0v) is 12.8. The third-order valence-corrected chi connectivity index (χ3v) is 5.86. The molecular formula is C13H13NO5S2. The first-order valence-corrected chi connectivity index (χ1v) is 8.48. The molecule has 0 saturated heterocycles. The highest BCUT2D eigenvalue weighted by Gasteiger charge is 2.23. The van der Waals surface area contributed by atoms with E-state index in [2.05, 4.69) is 4.72 Å². The van der Waals surface area contributed by atoms with Crippen molar-refractivity contribution in [1.29, 1.82) is 0 Å². The third-order valence-electron chi connectivity index (χ3n) is 3.03. The molecular weight excluding hydrogens is 314 g/mol. The predicted molar refractivity (Wildman–Crippen MR) is 78.4 cm³/mol. The molecule has 0 atom stereocenters. The summed E-state index contributed by atoms with van der Waals surface area (Å²) in [4.78, 5) is 0.549. The lowest BCUT2D eigenvalue weighted by Gasteiger charge is -2.10. The summed E-state index contributed by atoms with van der Waals surface area (Å²) in [5.41, 5.74) is 0.992. The van der Waals surface area contributed by atoms with Crippen molar-refractivity contribution in [3.05, 3.63) is 34.0 Å². The van der Waals surface area contributed by atoms with Gasteiger partial charge in [0.2, 0.25) is 6.79 Å². The van der Waals surface area contributed by atoms with E-state index in [1.165, 1.54) is 11.3 Å². The van der Waals surface area contributed by atoms with Crippen LogP contribution < -0.4 is 14.2 Å². The molecule has 2 heterocycles. The molecule has 0 saturated carbocycles. The van der Waals surface area contributed by atoms with E-state index in [-0.39, 0.29) is 18.3 Å². The van der Waals surface area contributed by atoms with Crippen LogP contribution in [0.5, 0.6) is 11.5 Å². The van der Waals surface area contributed by atoms with Crippen LogP contribution in [0.25, 0.3) is 0 Å².